The zero-order valence-electron chi connectivity index (χ0n) is 6.28. The lowest BCUT2D eigenvalue weighted by Gasteiger charge is -1.91. The Balaban J connectivity index is 3.65. The normalized spacial score (nSPS) is 13.9. The van der Waals surface area contributed by atoms with Gasteiger partial charge in [0, 0.05) is 23.3 Å². The van der Waals surface area contributed by atoms with E-state index in [0.29, 0.717) is 5.35 Å². The second-order valence-corrected chi connectivity index (χ2v) is 2.09. The van der Waals surface area contributed by atoms with Crippen molar-refractivity contribution in [3.05, 3.63) is 22.6 Å². The Labute approximate surface area is 64.3 Å². The first kappa shape index (κ1) is 7.53. The van der Waals surface area contributed by atoms with Crippen LogP contribution in [0.15, 0.2) is 6.33 Å². The Hall–Kier alpha value is -1.58. The fourth-order valence-corrected chi connectivity index (χ4v) is 0.841. The van der Waals surface area contributed by atoms with Gasteiger partial charge in [-0.1, -0.05) is 0 Å². The number of nitrogens with zero attached hydrogens (tertiary/aromatic N) is 2. The maximum atomic E-state index is 5.35. The fourth-order valence-electron chi connectivity index (χ4n) is 0.841. The van der Waals surface area contributed by atoms with Gasteiger partial charge < -0.3 is 11.5 Å². The maximum absolute atomic E-state index is 5.35. The molecule has 0 aromatic carbocycles. The molecule has 58 valence electrons. The van der Waals surface area contributed by atoms with Crippen molar-refractivity contribution in [3.63, 3.8) is 0 Å². The van der Waals surface area contributed by atoms with Crippen molar-refractivity contribution in [2.24, 2.45) is 11.5 Å². The first-order valence-electron chi connectivity index (χ1n) is 3.21. The summed E-state index contributed by atoms with van der Waals surface area (Å²) in [6.45, 7) is 1.85. The third kappa shape index (κ3) is 1.29. The summed E-state index contributed by atoms with van der Waals surface area (Å²) < 4.78 is 0. The van der Waals surface area contributed by atoms with Gasteiger partial charge in [-0.15, -0.1) is 0 Å². The number of aromatic nitrogens is 2. The molecule has 0 aliphatic heterocycles. The third-order valence-electron chi connectivity index (χ3n) is 1.44. The molecule has 4 nitrogen and oxygen atoms in total. The van der Waals surface area contributed by atoms with E-state index < -0.39 is 0 Å². The quantitative estimate of drug-likeness (QED) is 0.456. The first-order valence-corrected chi connectivity index (χ1v) is 3.21. The Morgan fingerprint density at radius 3 is 2.45 bits per heavy atom. The highest BCUT2D eigenvalue weighted by Gasteiger charge is 1.89. The van der Waals surface area contributed by atoms with Gasteiger partial charge in [-0.05, 0) is 6.92 Å². The van der Waals surface area contributed by atoms with Crippen LogP contribution < -0.4 is 22.0 Å². The van der Waals surface area contributed by atoms with Gasteiger partial charge in [0.2, 0.25) is 0 Å². The van der Waals surface area contributed by atoms with Crippen LogP contribution in [0.5, 0.6) is 0 Å². The molecule has 4 N–H and O–H groups in total. The molecular weight excluding hydrogens is 140 g/mol. The van der Waals surface area contributed by atoms with E-state index in [-0.39, 0.29) is 0 Å². The largest absolute Gasteiger partial charge is 0.404 e. The summed E-state index contributed by atoms with van der Waals surface area (Å²) in [6, 6.07) is 0. The van der Waals surface area contributed by atoms with Crippen molar-refractivity contribution in [1.29, 1.82) is 0 Å². The van der Waals surface area contributed by atoms with E-state index in [9.17, 15) is 0 Å². The summed E-state index contributed by atoms with van der Waals surface area (Å²) in [5.41, 5.74) is 11.5. The van der Waals surface area contributed by atoms with Crippen molar-refractivity contribution >= 4 is 12.4 Å². The Morgan fingerprint density at radius 1 is 1.27 bits per heavy atom. The zero-order valence-corrected chi connectivity index (χ0v) is 6.28. The van der Waals surface area contributed by atoms with Crippen molar-refractivity contribution in [2.45, 2.75) is 6.92 Å². The highest BCUT2D eigenvalue weighted by Crippen LogP contribution is 1.70. The number of hydrogen-bond acceptors (Lipinski definition) is 4. The van der Waals surface area contributed by atoms with Crippen LogP contribution in [0.4, 0.5) is 0 Å². The third-order valence-corrected chi connectivity index (χ3v) is 1.44. The average molecular weight is 150 g/mol. The lowest BCUT2D eigenvalue weighted by Crippen LogP contribution is -2.33. The van der Waals surface area contributed by atoms with Gasteiger partial charge in [0.05, 0.1) is 5.35 Å². The second-order valence-electron chi connectivity index (χ2n) is 2.09. The SMILES string of the molecule is Cc1ncnc(=C/N)/c1=C\N. The summed E-state index contributed by atoms with van der Waals surface area (Å²) in [5.74, 6) is 0. The van der Waals surface area contributed by atoms with Crippen LogP contribution in [0.2, 0.25) is 0 Å². The van der Waals surface area contributed by atoms with Gasteiger partial charge in [0.1, 0.15) is 6.33 Å². The molecule has 1 aromatic heterocycles. The van der Waals surface area contributed by atoms with E-state index in [1.54, 1.807) is 0 Å². The standard InChI is InChI=1S/C7H10N4/c1-5-6(2-8)7(3-9)11-4-10-5/h2-4H,8-9H2,1H3/b6-2-,7-3+. The van der Waals surface area contributed by atoms with Crippen LogP contribution in [0.3, 0.4) is 0 Å². The summed E-state index contributed by atoms with van der Waals surface area (Å²) >= 11 is 0. The lowest BCUT2D eigenvalue weighted by molar-refractivity contribution is 1.04. The van der Waals surface area contributed by atoms with Crippen molar-refractivity contribution < 1.29 is 0 Å². The molecule has 0 radical (unpaired) electrons. The average Bonchev–Trinajstić information content (AvgIpc) is 2.04. The smallest absolute Gasteiger partial charge is 0.116 e. The van der Waals surface area contributed by atoms with E-state index in [0.717, 1.165) is 10.9 Å². The van der Waals surface area contributed by atoms with E-state index in [4.69, 9.17) is 11.5 Å². The molecule has 1 heterocycles. The molecule has 0 bridgehead atoms. The predicted molar refractivity (Wildman–Crippen MR) is 43.3 cm³/mol. The summed E-state index contributed by atoms with van der Waals surface area (Å²) in [7, 11) is 0. The summed E-state index contributed by atoms with van der Waals surface area (Å²) in [5, 5.41) is 1.45. The van der Waals surface area contributed by atoms with Gasteiger partial charge >= 0.3 is 0 Å². The maximum Gasteiger partial charge on any atom is 0.116 e. The lowest BCUT2D eigenvalue weighted by atomic mass is 10.3. The summed E-state index contributed by atoms with van der Waals surface area (Å²) in [4.78, 5) is 7.89. The summed E-state index contributed by atoms with van der Waals surface area (Å²) in [6.07, 6.45) is 4.32. The van der Waals surface area contributed by atoms with Crippen LogP contribution >= 0.6 is 0 Å². The van der Waals surface area contributed by atoms with E-state index in [1.165, 1.54) is 18.7 Å². The van der Waals surface area contributed by atoms with Crippen LogP contribution in [-0.2, 0) is 0 Å². The fraction of sp³-hybridized carbons (Fsp3) is 0.143. The van der Waals surface area contributed by atoms with Crippen LogP contribution in [-0.4, -0.2) is 9.97 Å². The monoisotopic (exact) mass is 150 g/mol. The van der Waals surface area contributed by atoms with Crippen molar-refractivity contribution in [1.82, 2.24) is 9.97 Å². The number of nitrogens with two attached hydrogens (primary N) is 2. The molecule has 0 saturated heterocycles. The van der Waals surface area contributed by atoms with Crippen LogP contribution in [0, 0.1) is 6.92 Å². The number of hydrogen-bond donors (Lipinski definition) is 2. The number of rotatable bonds is 0. The molecule has 1 rings (SSSR count). The van der Waals surface area contributed by atoms with Gasteiger partial charge in [-0.25, -0.2) is 9.97 Å². The molecule has 0 amide bonds. The topological polar surface area (TPSA) is 77.8 Å². The molecule has 0 spiro atoms. The van der Waals surface area contributed by atoms with E-state index in [1.807, 2.05) is 6.92 Å². The minimum absolute atomic E-state index is 0.667. The second kappa shape index (κ2) is 3.01. The van der Waals surface area contributed by atoms with Gasteiger partial charge in [0.15, 0.2) is 0 Å². The van der Waals surface area contributed by atoms with E-state index in [2.05, 4.69) is 9.97 Å². The molecule has 0 atom stereocenters. The van der Waals surface area contributed by atoms with Crippen LogP contribution in [0.1, 0.15) is 5.69 Å². The minimum Gasteiger partial charge on any atom is -0.404 e. The Bertz CT molecular complexity index is 355. The molecule has 4 heteroatoms. The van der Waals surface area contributed by atoms with Gasteiger partial charge in [0.25, 0.3) is 0 Å². The van der Waals surface area contributed by atoms with Crippen molar-refractivity contribution in [2.75, 3.05) is 0 Å². The predicted octanol–water partition coefficient (Wildman–Crippen LogP) is -1.82. The van der Waals surface area contributed by atoms with Gasteiger partial charge in [-0.2, -0.15) is 0 Å². The molecule has 1 aromatic rings. The van der Waals surface area contributed by atoms with Crippen molar-refractivity contribution in [3.8, 4) is 0 Å². The number of aryl methyl sites for hydroxylation is 1. The molecule has 0 aliphatic rings. The molecule has 11 heavy (non-hydrogen) atoms. The molecule has 0 fully saturated rings. The Morgan fingerprint density at radius 2 is 2.00 bits per heavy atom. The minimum atomic E-state index is 0.667. The molecule has 0 saturated carbocycles. The zero-order chi connectivity index (χ0) is 8.27. The molecular formula is C7H10N4. The van der Waals surface area contributed by atoms with Gasteiger partial charge in [-0.3, -0.25) is 0 Å². The first-order chi connectivity index (χ1) is 5.29. The molecule has 0 aliphatic carbocycles. The molecule has 0 unspecified atom stereocenters. The Kier molecular flexibility index (Phi) is 2.06. The van der Waals surface area contributed by atoms with E-state index >= 15 is 0 Å². The highest BCUT2D eigenvalue weighted by molar-refractivity contribution is 5.25. The highest BCUT2D eigenvalue weighted by atomic mass is 14.8. The van der Waals surface area contributed by atoms with Crippen LogP contribution in [0.25, 0.3) is 12.4 Å².